The van der Waals surface area contributed by atoms with Crippen LogP contribution in [0.2, 0.25) is 0 Å². The molecule has 0 aliphatic carbocycles. The second-order valence-corrected chi connectivity index (χ2v) is 16.7. The molecule has 0 atom stereocenters. The van der Waals surface area contributed by atoms with Crippen molar-refractivity contribution in [1.29, 1.82) is 0 Å². The number of hydrogen-bond donors (Lipinski definition) is 0. The molecule has 0 saturated heterocycles. The maximum absolute atomic E-state index is 6.15. The van der Waals surface area contributed by atoms with Crippen molar-refractivity contribution in [2.24, 2.45) is 0 Å². The Kier molecular flexibility index (Phi) is 8.39. The monoisotopic (exact) mass is 795 g/mol. The third-order valence-electron chi connectivity index (χ3n) is 12.1. The lowest BCUT2D eigenvalue weighted by molar-refractivity contribution is 0.669. The summed E-state index contributed by atoms with van der Waals surface area (Å²) in [5.41, 5.74) is 14.6. The highest BCUT2D eigenvalue weighted by molar-refractivity contribution is 7.26. The van der Waals surface area contributed by atoms with E-state index in [0.29, 0.717) is 0 Å². The molecular weight excluding hydrogens is 759 g/mol. The van der Waals surface area contributed by atoms with Crippen LogP contribution in [0.3, 0.4) is 0 Å². The number of benzene rings is 10. The molecule has 12 aromatic rings. The number of anilines is 3. The average molecular weight is 796 g/mol. The van der Waals surface area contributed by atoms with E-state index in [4.69, 9.17) is 4.42 Å². The first-order chi connectivity index (χ1) is 30.2. The zero-order valence-electron chi connectivity index (χ0n) is 33.1. The molecule has 0 amide bonds. The second kappa shape index (κ2) is 14.5. The van der Waals surface area contributed by atoms with Crippen LogP contribution in [0, 0.1) is 0 Å². The van der Waals surface area contributed by atoms with Gasteiger partial charge in [-0.15, -0.1) is 11.3 Å². The van der Waals surface area contributed by atoms with Crippen molar-refractivity contribution in [3.8, 4) is 44.5 Å². The van der Waals surface area contributed by atoms with Crippen molar-refractivity contribution in [2.45, 2.75) is 0 Å². The summed E-state index contributed by atoms with van der Waals surface area (Å²) >= 11 is 1.88. The smallest absolute Gasteiger partial charge is 0.135 e. The summed E-state index contributed by atoms with van der Waals surface area (Å²) in [7, 11) is 0. The third-order valence-corrected chi connectivity index (χ3v) is 13.3. The van der Waals surface area contributed by atoms with Crippen molar-refractivity contribution >= 4 is 81.3 Å². The fourth-order valence-corrected chi connectivity index (χ4v) is 10.3. The normalized spacial score (nSPS) is 11.6. The van der Waals surface area contributed by atoms with Gasteiger partial charge < -0.3 is 9.32 Å². The Hall–Kier alpha value is -7.72. The van der Waals surface area contributed by atoms with Gasteiger partial charge in [-0.1, -0.05) is 158 Å². The number of nitrogens with zero attached hydrogens (tertiary/aromatic N) is 1. The molecule has 0 fully saturated rings. The molecule has 286 valence electrons. The Balaban J connectivity index is 0.967. The molecule has 0 bridgehead atoms. The van der Waals surface area contributed by atoms with Crippen LogP contribution in [0.5, 0.6) is 0 Å². The number of furan rings is 1. The first-order valence-corrected chi connectivity index (χ1v) is 21.5. The molecule has 61 heavy (non-hydrogen) atoms. The van der Waals surface area contributed by atoms with E-state index < -0.39 is 0 Å². The van der Waals surface area contributed by atoms with Crippen LogP contribution in [-0.2, 0) is 0 Å². The largest absolute Gasteiger partial charge is 0.456 e. The molecule has 0 aliphatic heterocycles. The zero-order chi connectivity index (χ0) is 40.3. The van der Waals surface area contributed by atoms with E-state index in [1.54, 1.807) is 0 Å². The lowest BCUT2D eigenvalue weighted by atomic mass is 9.97. The summed E-state index contributed by atoms with van der Waals surface area (Å²) in [5.74, 6) is 0. The Morgan fingerprint density at radius 1 is 0.311 bits per heavy atom. The van der Waals surface area contributed by atoms with Crippen LogP contribution < -0.4 is 4.90 Å². The predicted octanol–water partition coefficient (Wildman–Crippen LogP) is 17.2. The van der Waals surface area contributed by atoms with Gasteiger partial charge in [0.15, 0.2) is 0 Å². The minimum absolute atomic E-state index is 0.904. The van der Waals surface area contributed by atoms with E-state index >= 15 is 0 Å². The molecular formula is C58H37NOS. The summed E-state index contributed by atoms with van der Waals surface area (Å²) in [6.45, 7) is 0. The zero-order valence-corrected chi connectivity index (χ0v) is 33.9. The van der Waals surface area contributed by atoms with Crippen molar-refractivity contribution in [3.05, 3.63) is 224 Å². The highest BCUT2D eigenvalue weighted by Crippen LogP contribution is 2.43. The van der Waals surface area contributed by atoms with Crippen molar-refractivity contribution in [3.63, 3.8) is 0 Å². The van der Waals surface area contributed by atoms with Crippen molar-refractivity contribution < 1.29 is 4.42 Å². The quantitative estimate of drug-likeness (QED) is 0.160. The maximum atomic E-state index is 6.15. The van der Waals surface area contributed by atoms with Crippen LogP contribution in [0.25, 0.3) is 97.4 Å². The predicted molar refractivity (Wildman–Crippen MR) is 261 cm³/mol. The molecule has 12 rings (SSSR count). The SMILES string of the molecule is c1cc(-c2cccc(N(c3ccc(-c4ccc5oc6ccccc6c5c4)cc3)c3cccc(-c4cccc5ccccc45)c3)c2)cc(-c2cccc3c2sc2ccccc23)c1. The first-order valence-electron chi connectivity index (χ1n) is 20.7. The summed E-state index contributed by atoms with van der Waals surface area (Å²) < 4.78 is 8.80. The van der Waals surface area contributed by atoms with E-state index in [-0.39, 0.29) is 0 Å². The Morgan fingerprint density at radius 2 is 0.869 bits per heavy atom. The Bertz CT molecular complexity index is 3610. The van der Waals surface area contributed by atoms with Gasteiger partial charge in [-0.2, -0.15) is 0 Å². The number of para-hydroxylation sites is 1. The van der Waals surface area contributed by atoms with Gasteiger partial charge in [0.1, 0.15) is 11.2 Å². The minimum atomic E-state index is 0.904. The topological polar surface area (TPSA) is 16.4 Å². The molecule has 2 heterocycles. The van der Waals surface area contributed by atoms with E-state index in [0.717, 1.165) is 55.7 Å². The van der Waals surface area contributed by atoms with E-state index in [2.05, 4.69) is 217 Å². The Morgan fingerprint density at radius 3 is 1.72 bits per heavy atom. The molecule has 10 aromatic carbocycles. The van der Waals surface area contributed by atoms with E-state index in [9.17, 15) is 0 Å². The number of rotatable bonds is 7. The molecule has 3 heteroatoms. The molecule has 0 unspecified atom stereocenters. The number of thiophene rings is 1. The highest BCUT2D eigenvalue weighted by Gasteiger charge is 2.17. The van der Waals surface area contributed by atoms with E-state index in [1.807, 2.05) is 23.5 Å². The summed E-state index contributed by atoms with van der Waals surface area (Å²) in [4.78, 5) is 2.39. The number of fused-ring (bicyclic) bond motifs is 7. The molecule has 0 N–H and O–H groups in total. The minimum Gasteiger partial charge on any atom is -0.456 e. The fourth-order valence-electron chi connectivity index (χ4n) is 9.11. The summed E-state index contributed by atoms with van der Waals surface area (Å²) in [6.07, 6.45) is 0. The van der Waals surface area contributed by atoms with Crippen LogP contribution in [0.4, 0.5) is 17.1 Å². The lowest BCUT2D eigenvalue weighted by Gasteiger charge is -2.27. The number of hydrogen-bond acceptors (Lipinski definition) is 3. The average Bonchev–Trinajstić information content (AvgIpc) is 3.90. The third kappa shape index (κ3) is 6.18. The van der Waals surface area contributed by atoms with Crippen LogP contribution in [0.1, 0.15) is 0 Å². The molecule has 2 nitrogen and oxygen atoms in total. The fraction of sp³-hybridized carbons (Fsp3) is 0. The Labute approximate surface area is 357 Å². The van der Waals surface area contributed by atoms with Crippen molar-refractivity contribution in [1.82, 2.24) is 0 Å². The van der Waals surface area contributed by atoms with Gasteiger partial charge in [-0.25, -0.2) is 0 Å². The molecule has 2 aromatic heterocycles. The van der Waals surface area contributed by atoms with Crippen LogP contribution in [-0.4, -0.2) is 0 Å². The van der Waals surface area contributed by atoms with Gasteiger partial charge in [-0.05, 0) is 122 Å². The summed E-state index contributed by atoms with van der Waals surface area (Å²) in [5, 5.41) is 7.37. The van der Waals surface area contributed by atoms with Crippen LogP contribution >= 0.6 is 11.3 Å². The second-order valence-electron chi connectivity index (χ2n) is 15.7. The van der Waals surface area contributed by atoms with Gasteiger partial charge in [0, 0.05) is 48.0 Å². The van der Waals surface area contributed by atoms with Gasteiger partial charge in [-0.3, -0.25) is 0 Å². The van der Waals surface area contributed by atoms with Gasteiger partial charge in [0.25, 0.3) is 0 Å². The van der Waals surface area contributed by atoms with Gasteiger partial charge >= 0.3 is 0 Å². The van der Waals surface area contributed by atoms with Crippen molar-refractivity contribution in [2.75, 3.05) is 4.90 Å². The summed E-state index contributed by atoms with van der Waals surface area (Å²) in [6, 6.07) is 81.3. The lowest BCUT2D eigenvalue weighted by Crippen LogP contribution is -2.10. The highest BCUT2D eigenvalue weighted by atomic mass is 32.1. The molecule has 0 aliphatic rings. The van der Waals surface area contributed by atoms with Gasteiger partial charge in [0.2, 0.25) is 0 Å². The standard InChI is InChI=1S/C58H37NOS/c1-2-20-48-39(12-1)13-10-23-49(48)44-17-9-19-47(36-44)59(45-31-28-38(29-32-45)42-30-33-56-54(37-42)51-21-3-5-26-55(51)60-56)46-18-8-15-41(35-46)40-14-7-16-43(34-40)50-24-11-25-53-52-22-4-6-27-57(52)61-58(50)53/h1-37H. The van der Waals surface area contributed by atoms with Gasteiger partial charge in [0.05, 0.1) is 0 Å². The molecule has 0 spiro atoms. The molecule has 0 radical (unpaired) electrons. The maximum Gasteiger partial charge on any atom is 0.135 e. The first kappa shape index (κ1) is 35.2. The van der Waals surface area contributed by atoms with Crippen LogP contribution in [0.15, 0.2) is 229 Å². The molecule has 0 saturated carbocycles. The van der Waals surface area contributed by atoms with E-state index in [1.165, 1.54) is 58.8 Å².